The lowest BCUT2D eigenvalue weighted by Crippen LogP contribution is -2.52. The van der Waals surface area contributed by atoms with Crippen molar-refractivity contribution in [1.29, 1.82) is 0 Å². The van der Waals surface area contributed by atoms with Crippen LogP contribution in [-0.4, -0.2) is 49.3 Å². The van der Waals surface area contributed by atoms with Gasteiger partial charge in [-0.2, -0.15) is 0 Å². The summed E-state index contributed by atoms with van der Waals surface area (Å²) in [6, 6.07) is 1.89. The van der Waals surface area contributed by atoms with Crippen LogP contribution in [0.25, 0.3) is 0 Å². The summed E-state index contributed by atoms with van der Waals surface area (Å²) in [4.78, 5) is 2.54. The van der Waals surface area contributed by atoms with Gasteiger partial charge in [-0.15, -0.1) is 0 Å². The standard InChI is InChI=1S/C13H26N2O/c1-10(14-11(2)13-4-5-13)12(3)15-6-8-16-9-7-15/h10-14H,4-9H2,1-3H3. The lowest BCUT2D eigenvalue weighted by molar-refractivity contribution is 0.0127. The number of rotatable bonds is 5. The third kappa shape index (κ3) is 3.19. The molecule has 0 radical (unpaired) electrons. The molecule has 2 rings (SSSR count). The van der Waals surface area contributed by atoms with Gasteiger partial charge in [-0.3, -0.25) is 4.90 Å². The number of ether oxygens (including phenoxy) is 1. The first-order valence-electron chi connectivity index (χ1n) is 6.76. The summed E-state index contributed by atoms with van der Waals surface area (Å²) in [6.07, 6.45) is 2.85. The third-order valence-corrected chi connectivity index (χ3v) is 4.20. The molecule has 3 atom stereocenters. The largest absolute Gasteiger partial charge is 0.379 e. The van der Waals surface area contributed by atoms with E-state index in [2.05, 4.69) is 31.0 Å². The highest BCUT2D eigenvalue weighted by Gasteiger charge is 2.30. The highest BCUT2D eigenvalue weighted by atomic mass is 16.5. The number of nitrogens with zero attached hydrogens (tertiary/aromatic N) is 1. The molecule has 94 valence electrons. The van der Waals surface area contributed by atoms with Crippen molar-refractivity contribution in [1.82, 2.24) is 10.2 Å². The van der Waals surface area contributed by atoms with Gasteiger partial charge in [-0.05, 0) is 39.5 Å². The van der Waals surface area contributed by atoms with E-state index in [1.807, 2.05) is 0 Å². The zero-order chi connectivity index (χ0) is 11.5. The lowest BCUT2D eigenvalue weighted by atomic mass is 10.1. The van der Waals surface area contributed by atoms with Crippen LogP contribution in [0.3, 0.4) is 0 Å². The molecule has 3 unspecified atom stereocenters. The van der Waals surface area contributed by atoms with Gasteiger partial charge in [0.25, 0.3) is 0 Å². The summed E-state index contributed by atoms with van der Waals surface area (Å²) in [5.41, 5.74) is 0. The molecule has 3 nitrogen and oxygen atoms in total. The number of hydrogen-bond donors (Lipinski definition) is 1. The maximum atomic E-state index is 5.40. The highest BCUT2D eigenvalue weighted by Crippen LogP contribution is 2.32. The monoisotopic (exact) mass is 226 g/mol. The number of hydrogen-bond acceptors (Lipinski definition) is 3. The number of nitrogens with one attached hydrogen (secondary N) is 1. The Hall–Kier alpha value is -0.120. The van der Waals surface area contributed by atoms with Crippen LogP contribution < -0.4 is 5.32 Å². The Balaban J connectivity index is 1.75. The molecule has 1 saturated heterocycles. The van der Waals surface area contributed by atoms with Crippen molar-refractivity contribution < 1.29 is 4.74 Å². The fourth-order valence-corrected chi connectivity index (χ4v) is 2.59. The van der Waals surface area contributed by atoms with Crippen LogP contribution in [0.4, 0.5) is 0 Å². The van der Waals surface area contributed by atoms with Crippen LogP contribution in [0.15, 0.2) is 0 Å². The van der Waals surface area contributed by atoms with Gasteiger partial charge in [0.05, 0.1) is 13.2 Å². The summed E-state index contributed by atoms with van der Waals surface area (Å²) in [5.74, 6) is 0.944. The van der Waals surface area contributed by atoms with E-state index in [0.717, 1.165) is 32.2 Å². The van der Waals surface area contributed by atoms with Crippen LogP contribution in [0, 0.1) is 5.92 Å². The van der Waals surface area contributed by atoms with E-state index in [4.69, 9.17) is 4.74 Å². The first-order chi connectivity index (χ1) is 7.68. The van der Waals surface area contributed by atoms with E-state index in [-0.39, 0.29) is 0 Å². The molecule has 0 amide bonds. The molecule has 0 aromatic rings. The second-order valence-corrected chi connectivity index (χ2v) is 5.47. The Morgan fingerprint density at radius 1 is 1.12 bits per heavy atom. The molecule has 2 aliphatic rings. The van der Waals surface area contributed by atoms with E-state index in [1.165, 1.54) is 12.8 Å². The van der Waals surface area contributed by atoms with Crippen LogP contribution in [0.2, 0.25) is 0 Å². The molecule has 16 heavy (non-hydrogen) atoms. The maximum absolute atomic E-state index is 5.40. The number of morpholine rings is 1. The second kappa shape index (κ2) is 5.48. The van der Waals surface area contributed by atoms with E-state index in [1.54, 1.807) is 0 Å². The Morgan fingerprint density at radius 2 is 1.75 bits per heavy atom. The topological polar surface area (TPSA) is 24.5 Å². The van der Waals surface area contributed by atoms with Gasteiger partial charge in [0.2, 0.25) is 0 Å². The van der Waals surface area contributed by atoms with E-state index >= 15 is 0 Å². The smallest absolute Gasteiger partial charge is 0.0594 e. The summed E-state index contributed by atoms with van der Waals surface area (Å²) >= 11 is 0. The quantitative estimate of drug-likeness (QED) is 0.768. The van der Waals surface area contributed by atoms with Gasteiger partial charge in [-0.25, -0.2) is 0 Å². The summed E-state index contributed by atoms with van der Waals surface area (Å²) in [7, 11) is 0. The fraction of sp³-hybridized carbons (Fsp3) is 1.00. The van der Waals surface area contributed by atoms with Crippen LogP contribution in [-0.2, 0) is 4.74 Å². The van der Waals surface area contributed by atoms with Crippen LogP contribution in [0.1, 0.15) is 33.6 Å². The molecule has 1 saturated carbocycles. The first-order valence-corrected chi connectivity index (χ1v) is 6.76. The van der Waals surface area contributed by atoms with Crippen molar-refractivity contribution in [2.75, 3.05) is 26.3 Å². The third-order valence-electron chi connectivity index (χ3n) is 4.20. The minimum Gasteiger partial charge on any atom is -0.379 e. The molecule has 0 spiro atoms. The Labute approximate surface area is 99.5 Å². The zero-order valence-electron chi connectivity index (χ0n) is 10.9. The Morgan fingerprint density at radius 3 is 2.31 bits per heavy atom. The molecule has 1 aliphatic heterocycles. The van der Waals surface area contributed by atoms with Gasteiger partial charge in [0.1, 0.15) is 0 Å². The van der Waals surface area contributed by atoms with Crippen LogP contribution >= 0.6 is 0 Å². The van der Waals surface area contributed by atoms with Gasteiger partial charge < -0.3 is 10.1 Å². The van der Waals surface area contributed by atoms with Gasteiger partial charge in [0, 0.05) is 31.2 Å². The SMILES string of the molecule is CC(NC(C)C(C)N1CCOCC1)C1CC1. The maximum Gasteiger partial charge on any atom is 0.0594 e. The van der Waals surface area contributed by atoms with Crippen molar-refractivity contribution in [3.05, 3.63) is 0 Å². The summed E-state index contributed by atoms with van der Waals surface area (Å²) < 4.78 is 5.40. The molecule has 1 heterocycles. The Kier molecular flexibility index (Phi) is 4.22. The van der Waals surface area contributed by atoms with Gasteiger partial charge in [0.15, 0.2) is 0 Å². The Bertz CT molecular complexity index is 212. The summed E-state index contributed by atoms with van der Waals surface area (Å²) in [5, 5.41) is 3.76. The molecular weight excluding hydrogens is 200 g/mol. The van der Waals surface area contributed by atoms with Crippen LogP contribution in [0.5, 0.6) is 0 Å². The molecule has 1 aliphatic carbocycles. The average molecular weight is 226 g/mol. The minimum atomic E-state index is 0.577. The van der Waals surface area contributed by atoms with Crippen molar-refractivity contribution in [3.8, 4) is 0 Å². The molecule has 0 aromatic heterocycles. The second-order valence-electron chi connectivity index (χ2n) is 5.47. The molecule has 0 bridgehead atoms. The average Bonchev–Trinajstić information content (AvgIpc) is 3.13. The normalized spacial score (nSPS) is 28.7. The van der Waals surface area contributed by atoms with E-state index in [0.29, 0.717) is 18.1 Å². The minimum absolute atomic E-state index is 0.577. The molecule has 2 fully saturated rings. The predicted molar refractivity (Wildman–Crippen MR) is 66.6 cm³/mol. The predicted octanol–water partition coefficient (Wildman–Crippen LogP) is 1.48. The van der Waals surface area contributed by atoms with Crippen molar-refractivity contribution in [2.24, 2.45) is 5.92 Å². The molecular formula is C13H26N2O. The lowest BCUT2D eigenvalue weighted by Gasteiger charge is -2.37. The zero-order valence-corrected chi connectivity index (χ0v) is 10.9. The highest BCUT2D eigenvalue weighted by molar-refractivity contribution is 4.88. The van der Waals surface area contributed by atoms with Crippen molar-refractivity contribution >= 4 is 0 Å². The van der Waals surface area contributed by atoms with E-state index < -0.39 is 0 Å². The molecule has 0 aromatic carbocycles. The fourth-order valence-electron chi connectivity index (χ4n) is 2.59. The van der Waals surface area contributed by atoms with Crippen molar-refractivity contribution in [3.63, 3.8) is 0 Å². The van der Waals surface area contributed by atoms with Gasteiger partial charge in [-0.1, -0.05) is 0 Å². The van der Waals surface area contributed by atoms with E-state index in [9.17, 15) is 0 Å². The molecule has 3 heteroatoms. The van der Waals surface area contributed by atoms with Crippen molar-refractivity contribution in [2.45, 2.75) is 51.7 Å². The first kappa shape index (κ1) is 12.3. The van der Waals surface area contributed by atoms with Gasteiger partial charge >= 0.3 is 0 Å². The summed E-state index contributed by atoms with van der Waals surface area (Å²) in [6.45, 7) is 11.0. The molecule has 1 N–H and O–H groups in total.